The van der Waals surface area contributed by atoms with E-state index in [2.05, 4.69) is 0 Å². The lowest BCUT2D eigenvalue weighted by atomic mass is 10.2. The van der Waals surface area contributed by atoms with Gasteiger partial charge in [-0.1, -0.05) is 38.5 Å². The van der Waals surface area contributed by atoms with E-state index in [1.807, 2.05) is 0 Å². The van der Waals surface area contributed by atoms with Gasteiger partial charge in [0.2, 0.25) is 0 Å². The average Bonchev–Trinajstić information content (AvgIpc) is 2.62. The van der Waals surface area contributed by atoms with Crippen molar-refractivity contribution >= 4 is 9.52 Å². The third kappa shape index (κ3) is 0.589. The first-order valence-electron chi connectivity index (χ1n) is 4.12. The second-order valence-electron chi connectivity index (χ2n) is 4.19. The fourth-order valence-corrected chi connectivity index (χ4v) is 4.59. The van der Waals surface area contributed by atoms with E-state index in [1.54, 1.807) is 38.5 Å². The maximum Gasteiger partial charge on any atom is 0.0530 e. The van der Waals surface area contributed by atoms with Gasteiger partial charge in [0.15, 0.2) is 0 Å². The van der Waals surface area contributed by atoms with Crippen molar-refractivity contribution in [2.75, 3.05) is 0 Å². The minimum atomic E-state index is 0.969. The highest BCUT2D eigenvalue weighted by atomic mass is 28.2. The smallest absolute Gasteiger partial charge is 0.0502 e. The van der Waals surface area contributed by atoms with Crippen LogP contribution in [0.3, 0.4) is 0 Å². The van der Waals surface area contributed by atoms with Crippen LogP contribution in [0.4, 0.5) is 0 Å². The Morgan fingerprint density at radius 1 is 0.667 bits per heavy atom. The summed E-state index contributed by atoms with van der Waals surface area (Å²) in [5, 5.41) is 1.94. The van der Waals surface area contributed by atoms with E-state index < -0.39 is 0 Å². The third-order valence-electron chi connectivity index (χ3n) is 3.32. The summed E-state index contributed by atoms with van der Waals surface area (Å²) in [6.07, 6.45) is 9.57. The van der Waals surface area contributed by atoms with E-state index in [0.717, 1.165) is 10.1 Å². The van der Waals surface area contributed by atoms with Crippen molar-refractivity contribution in [3.8, 4) is 0 Å². The highest BCUT2D eigenvalue weighted by Gasteiger charge is 2.59. The SMILES string of the molecule is C1CC12CCC1(CC1)[Si]2. The van der Waals surface area contributed by atoms with Crippen molar-refractivity contribution in [3.63, 3.8) is 0 Å². The van der Waals surface area contributed by atoms with Crippen molar-refractivity contribution in [2.24, 2.45) is 0 Å². The Morgan fingerprint density at radius 3 is 1.22 bits per heavy atom. The molecule has 3 rings (SSSR count). The molecule has 0 aromatic heterocycles. The van der Waals surface area contributed by atoms with Crippen LogP contribution in [0.2, 0.25) is 10.1 Å². The lowest BCUT2D eigenvalue weighted by Gasteiger charge is -2.01. The van der Waals surface area contributed by atoms with E-state index in [1.165, 1.54) is 9.52 Å². The van der Waals surface area contributed by atoms with Crippen molar-refractivity contribution in [1.82, 2.24) is 0 Å². The van der Waals surface area contributed by atoms with Crippen molar-refractivity contribution in [3.05, 3.63) is 0 Å². The van der Waals surface area contributed by atoms with Crippen LogP contribution < -0.4 is 0 Å². The van der Waals surface area contributed by atoms with Crippen LogP contribution in [0.1, 0.15) is 38.5 Å². The highest BCUT2D eigenvalue weighted by Crippen LogP contribution is 2.74. The van der Waals surface area contributed by atoms with Crippen LogP contribution in [0, 0.1) is 0 Å². The Labute approximate surface area is 58.9 Å². The maximum atomic E-state index is 1.60. The van der Waals surface area contributed by atoms with Gasteiger partial charge < -0.3 is 0 Å². The van der Waals surface area contributed by atoms with Gasteiger partial charge in [0.25, 0.3) is 0 Å². The van der Waals surface area contributed by atoms with Crippen LogP contribution in [0.15, 0.2) is 0 Å². The molecule has 3 fully saturated rings. The molecule has 1 heteroatoms. The zero-order valence-electron chi connectivity index (χ0n) is 5.74. The van der Waals surface area contributed by atoms with Gasteiger partial charge >= 0.3 is 0 Å². The second kappa shape index (κ2) is 1.16. The third-order valence-corrected chi connectivity index (χ3v) is 5.88. The fourth-order valence-electron chi connectivity index (χ4n) is 2.22. The predicted octanol–water partition coefficient (Wildman–Crippen LogP) is 2.39. The van der Waals surface area contributed by atoms with Crippen LogP contribution >= 0.6 is 0 Å². The molecule has 0 atom stereocenters. The Balaban J connectivity index is 1.86. The molecule has 0 unspecified atom stereocenters. The molecule has 1 heterocycles. The normalized spacial score (nSPS) is 40.0. The summed E-state index contributed by atoms with van der Waals surface area (Å²) in [4.78, 5) is 0. The molecular formula is C8H12Si. The molecule has 2 saturated carbocycles. The minimum absolute atomic E-state index is 0.969. The van der Waals surface area contributed by atoms with E-state index in [-0.39, 0.29) is 0 Å². The first kappa shape index (κ1) is 4.95. The Hall–Kier alpha value is 0.217. The van der Waals surface area contributed by atoms with E-state index in [4.69, 9.17) is 0 Å². The van der Waals surface area contributed by atoms with Crippen molar-refractivity contribution in [2.45, 2.75) is 48.6 Å². The number of rotatable bonds is 0. The lowest BCUT2D eigenvalue weighted by Crippen LogP contribution is -1.99. The Morgan fingerprint density at radius 2 is 1.00 bits per heavy atom. The molecule has 1 aliphatic heterocycles. The predicted molar refractivity (Wildman–Crippen MR) is 38.8 cm³/mol. The standard InChI is InChI=1S/C8H12Si/c1-2-7(1)5-6-8(9-7)3-4-8/h1-6H2. The van der Waals surface area contributed by atoms with E-state index in [9.17, 15) is 0 Å². The van der Waals surface area contributed by atoms with Crippen LogP contribution in [-0.2, 0) is 0 Å². The number of hydrogen-bond donors (Lipinski definition) is 0. The second-order valence-corrected chi connectivity index (χ2v) is 6.56. The van der Waals surface area contributed by atoms with Crippen molar-refractivity contribution in [1.29, 1.82) is 0 Å². The molecule has 2 spiro atoms. The summed E-state index contributed by atoms with van der Waals surface area (Å²) in [5.41, 5.74) is 0. The molecule has 0 amide bonds. The van der Waals surface area contributed by atoms with Crippen LogP contribution in [0.25, 0.3) is 0 Å². The van der Waals surface area contributed by atoms with Crippen LogP contribution in [0.5, 0.6) is 0 Å². The van der Waals surface area contributed by atoms with Gasteiger partial charge in [-0.15, -0.1) is 0 Å². The molecule has 0 aromatic carbocycles. The van der Waals surface area contributed by atoms with Gasteiger partial charge in [0.05, 0.1) is 9.52 Å². The molecule has 2 radical (unpaired) electrons. The largest absolute Gasteiger partial charge is 0.0530 e. The van der Waals surface area contributed by atoms with Gasteiger partial charge in [-0.05, 0) is 10.1 Å². The molecule has 0 bridgehead atoms. The Bertz CT molecular complexity index is 136. The van der Waals surface area contributed by atoms with Gasteiger partial charge in [-0.3, -0.25) is 0 Å². The molecule has 0 aromatic rings. The number of hydrogen-bond acceptors (Lipinski definition) is 0. The van der Waals surface area contributed by atoms with Crippen molar-refractivity contribution < 1.29 is 0 Å². The maximum absolute atomic E-state index is 1.60. The Kier molecular flexibility index (Phi) is 0.637. The van der Waals surface area contributed by atoms with Gasteiger partial charge in [0.1, 0.15) is 0 Å². The summed E-state index contributed by atoms with van der Waals surface area (Å²) in [6.45, 7) is 0. The topological polar surface area (TPSA) is 0 Å². The van der Waals surface area contributed by atoms with E-state index >= 15 is 0 Å². The highest BCUT2D eigenvalue weighted by molar-refractivity contribution is 6.48. The summed E-state index contributed by atoms with van der Waals surface area (Å²) >= 11 is 0. The van der Waals surface area contributed by atoms with Gasteiger partial charge in [0, 0.05) is 0 Å². The molecule has 2 aliphatic carbocycles. The van der Waals surface area contributed by atoms with E-state index in [0.29, 0.717) is 0 Å². The monoisotopic (exact) mass is 136 g/mol. The van der Waals surface area contributed by atoms with Gasteiger partial charge in [-0.2, -0.15) is 0 Å². The summed E-state index contributed by atoms with van der Waals surface area (Å²) in [6, 6.07) is 0. The first-order chi connectivity index (χ1) is 4.33. The fraction of sp³-hybridized carbons (Fsp3) is 1.00. The molecular weight excluding hydrogens is 124 g/mol. The quantitative estimate of drug-likeness (QED) is 0.449. The average molecular weight is 136 g/mol. The van der Waals surface area contributed by atoms with Crippen LogP contribution in [-0.4, -0.2) is 9.52 Å². The summed E-state index contributed by atoms with van der Waals surface area (Å²) < 4.78 is 0. The molecule has 3 aliphatic rings. The zero-order chi connectivity index (χ0) is 5.95. The first-order valence-corrected chi connectivity index (χ1v) is 5.12. The molecule has 9 heavy (non-hydrogen) atoms. The summed E-state index contributed by atoms with van der Waals surface area (Å²) in [5.74, 6) is 0. The lowest BCUT2D eigenvalue weighted by molar-refractivity contribution is 0.713. The summed E-state index contributed by atoms with van der Waals surface area (Å²) in [7, 11) is 1.38. The minimum Gasteiger partial charge on any atom is -0.0502 e. The molecule has 1 saturated heterocycles. The molecule has 0 nitrogen and oxygen atoms in total. The molecule has 48 valence electrons. The molecule has 0 N–H and O–H groups in total. The van der Waals surface area contributed by atoms with Gasteiger partial charge in [-0.25, -0.2) is 0 Å². The zero-order valence-corrected chi connectivity index (χ0v) is 6.74.